The second kappa shape index (κ2) is 3.00. The van der Waals surface area contributed by atoms with E-state index in [2.05, 4.69) is 26.8 Å². The van der Waals surface area contributed by atoms with Crippen LogP contribution in [0, 0.1) is 0 Å². The lowest BCUT2D eigenvalue weighted by atomic mass is 10.2. The van der Waals surface area contributed by atoms with Gasteiger partial charge in [-0.2, -0.15) is 9.61 Å². The van der Waals surface area contributed by atoms with Crippen LogP contribution in [0.4, 0.5) is 0 Å². The molecule has 4 aromatic heterocycles. The van der Waals surface area contributed by atoms with Crippen molar-refractivity contribution in [3.8, 4) is 11.6 Å². The molecule has 0 saturated heterocycles. The minimum atomic E-state index is 0.780. The van der Waals surface area contributed by atoms with E-state index in [1.165, 1.54) is 5.56 Å². The molecule has 5 heterocycles. The van der Waals surface area contributed by atoms with Crippen molar-refractivity contribution in [2.75, 3.05) is 0 Å². The second-order valence-corrected chi connectivity index (χ2v) is 4.70. The predicted octanol–water partition coefficient (Wildman–Crippen LogP) is 1.79. The van der Waals surface area contributed by atoms with E-state index in [1.54, 1.807) is 12.4 Å². The van der Waals surface area contributed by atoms with Crippen molar-refractivity contribution in [3.05, 3.63) is 48.3 Å². The molecule has 5 heteroatoms. The zero-order valence-corrected chi connectivity index (χ0v) is 9.95. The van der Waals surface area contributed by atoms with Gasteiger partial charge in [-0.3, -0.25) is 0 Å². The number of pyridine rings is 1. The van der Waals surface area contributed by atoms with Crippen LogP contribution < -0.4 is 4.57 Å². The first-order valence-corrected chi connectivity index (χ1v) is 6.15. The van der Waals surface area contributed by atoms with Crippen molar-refractivity contribution in [1.29, 1.82) is 0 Å². The minimum Gasteiger partial charge on any atom is -0.377 e. The normalized spacial score (nSPS) is 13.1. The van der Waals surface area contributed by atoms with E-state index in [9.17, 15) is 0 Å². The highest BCUT2D eigenvalue weighted by molar-refractivity contribution is 5.78. The van der Waals surface area contributed by atoms with Gasteiger partial charge < -0.3 is 4.42 Å². The van der Waals surface area contributed by atoms with Crippen LogP contribution in [0.1, 0.15) is 5.56 Å². The molecule has 0 aliphatic carbocycles. The van der Waals surface area contributed by atoms with Gasteiger partial charge in [0.15, 0.2) is 12.2 Å². The molecule has 4 aromatic rings. The number of aromatic nitrogens is 4. The van der Waals surface area contributed by atoms with Crippen LogP contribution in [-0.2, 0) is 6.54 Å². The highest BCUT2D eigenvalue weighted by Gasteiger charge is 2.36. The monoisotopic (exact) mass is 249 g/mol. The van der Waals surface area contributed by atoms with Crippen molar-refractivity contribution >= 4 is 16.7 Å². The fourth-order valence-corrected chi connectivity index (χ4v) is 2.78. The Labute approximate surface area is 107 Å². The fourth-order valence-electron chi connectivity index (χ4n) is 2.78. The first-order chi connectivity index (χ1) is 9.42. The Morgan fingerprint density at radius 2 is 2.16 bits per heavy atom. The summed E-state index contributed by atoms with van der Waals surface area (Å²) >= 11 is 0. The standard InChI is InChI=1S/C14H9N4O/c1-3-9-8-17-11-7-10-4-2-6-16-18(10)13(11)19-14(17)12(9)15-5-1/h1-7H,8H2/q+1. The van der Waals surface area contributed by atoms with Crippen molar-refractivity contribution in [2.45, 2.75) is 6.54 Å². The Bertz CT molecular complexity index is 951. The molecule has 0 aromatic carbocycles. The van der Waals surface area contributed by atoms with Crippen molar-refractivity contribution in [1.82, 2.24) is 14.6 Å². The number of nitrogens with zero attached hydrogens (tertiary/aromatic N) is 4. The van der Waals surface area contributed by atoms with Gasteiger partial charge in [0, 0.05) is 18.5 Å². The van der Waals surface area contributed by atoms with Crippen molar-refractivity contribution in [2.24, 2.45) is 0 Å². The van der Waals surface area contributed by atoms with E-state index in [-0.39, 0.29) is 0 Å². The number of oxazole rings is 1. The number of rotatable bonds is 0. The van der Waals surface area contributed by atoms with Gasteiger partial charge >= 0.3 is 5.89 Å². The highest BCUT2D eigenvalue weighted by Crippen LogP contribution is 2.30. The molecule has 90 valence electrons. The number of hydrogen-bond acceptors (Lipinski definition) is 3. The van der Waals surface area contributed by atoms with Crippen LogP contribution in [0.3, 0.4) is 0 Å². The summed E-state index contributed by atoms with van der Waals surface area (Å²) in [6.07, 6.45) is 3.56. The summed E-state index contributed by atoms with van der Waals surface area (Å²) in [4.78, 5) is 4.41. The third-order valence-electron chi connectivity index (χ3n) is 3.63. The van der Waals surface area contributed by atoms with Crippen LogP contribution in [0.25, 0.3) is 28.3 Å². The van der Waals surface area contributed by atoms with E-state index >= 15 is 0 Å². The summed E-state index contributed by atoms with van der Waals surface area (Å²) in [5.74, 6) is 0.820. The average Bonchev–Trinajstić information content (AvgIpc) is 3.07. The molecule has 0 amide bonds. The Balaban J connectivity index is 1.93. The van der Waals surface area contributed by atoms with Gasteiger partial charge in [0.2, 0.25) is 0 Å². The Morgan fingerprint density at radius 1 is 1.21 bits per heavy atom. The van der Waals surface area contributed by atoms with Crippen LogP contribution in [0.2, 0.25) is 0 Å². The lowest BCUT2D eigenvalue weighted by Gasteiger charge is -1.90. The van der Waals surface area contributed by atoms with Crippen LogP contribution >= 0.6 is 0 Å². The molecule has 0 unspecified atom stereocenters. The molecule has 0 radical (unpaired) electrons. The summed E-state index contributed by atoms with van der Waals surface area (Å²) in [7, 11) is 0. The second-order valence-electron chi connectivity index (χ2n) is 4.70. The van der Waals surface area contributed by atoms with E-state index in [1.807, 2.05) is 22.7 Å². The van der Waals surface area contributed by atoms with Gasteiger partial charge in [0.1, 0.15) is 0 Å². The van der Waals surface area contributed by atoms with Crippen molar-refractivity contribution in [3.63, 3.8) is 0 Å². The van der Waals surface area contributed by atoms with Crippen LogP contribution in [-0.4, -0.2) is 14.6 Å². The van der Waals surface area contributed by atoms with Gasteiger partial charge in [-0.05, 0) is 24.3 Å². The lowest BCUT2D eigenvalue weighted by molar-refractivity contribution is -0.649. The molecule has 5 rings (SSSR count). The molecule has 0 N–H and O–H groups in total. The smallest absolute Gasteiger partial charge is 0.377 e. The maximum absolute atomic E-state index is 5.99. The summed E-state index contributed by atoms with van der Waals surface area (Å²) in [6.45, 7) is 0.808. The molecule has 19 heavy (non-hydrogen) atoms. The molecule has 0 spiro atoms. The molecular weight excluding hydrogens is 240 g/mol. The Morgan fingerprint density at radius 3 is 3.16 bits per heavy atom. The highest BCUT2D eigenvalue weighted by atomic mass is 16.4. The minimum absolute atomic E-state index is 0.780. The molecule has 0 bridgehead atoms. The topological polar surface area (TPSA) is 47.2 Å². The van der Waals surface area contributed by atoms with Crippen LogP contribution in [0.15, 0.2) is 47.1 Å². The number of fused-ring (bicyclic) bond motifs is 7. The van der Waals surface area contributed by atoms with E-state index in [0.29, 0.717) is 0 Å². The first-order valence-electron chi connectivity index (χ1n) is 6.15. The SMILES string of the molecule is c1cnc2c(c1)C[n+]1c-2oc2c1cc1cccnn12. The maximum atomic E-state index is 5.99. The molecule has 0 saturated carbocycles. The average molecular weight is 249 g/mol. The van der Waals surface area contributed by atoms with Crippen LogP contribution in [0.5, 0.6) is 0 Å². The van der Waals surface area contributed by atoms with Gasteiger partial charge in [0.05, 0.1) is 11.1 Å². The Hall–Kier alpha value is -2.69. The summed E-state index contributed by atoms with van der Waals surface area (Å²) in [5, 5.41) is 4.33. The molecule has 0 fully saturated rings. The lowest BCUT2D eigenvalue weighted by Crippen LogP contribution is -2.30. The molecule has 1 aliphatic rings. The predicted molar refractivity (Wildman–Crippen MR) is 67.5 cm³/mol. The van der Waals surface area contributed by atoms with Crippen molar-refractivity contribution < 1.29 is 8.98 Å². The summed E-state index contributed by atoms with van der Waals surface area (Å²) in [5.41, 5.74) is 5.01. The van der Waals surface area contributed by atoms with Gasteiger partial charge in [-0.25, -0.2) is 4.98 Å². The largest absolute Gasteiger partial charge is 0.402 e. The van der Waals surface area contributed by atoms with Gasteiger partial charge in [-0.1, -0.05) is 0 Å². The molecule has 0 atom stereocenters. The summed E-state index contributed by atoms with van der Waals surface area (Å²) in [6, 6.07) is 10.1. The maximum Gasteiger partial charge on any atom is 0.402 e. The zero-order valence-electron chi connectivity index (χ0n) is 9.95. The van der Waals surface area contributed by atoms with E-state index in [0.717, 1.165) is 34.9 Å². The van der Waals surface area contributed by atoms with Gasteiger partial charge in [0.25, 0.3) is 11.2 Å². The van der Waals surface area contributed by atoms with E-state index < -0.39 is 0 Å². The third-order valence-corrected chi connectivity index (χ3v) is 3.63. The Kier molecular flexibility index (Phi) is 1.46. The van der Waals surface area contributed by atoms with Gasteiger partial charge in [-0.15, -0.1) is 4.57 Å². The summed E-state index contributed by atoms with van der Waals surface area (Å²) < 4.78 is 9.97. The molecular formula is C14H9N4O+. The van der Waals surface area contributed by atoms with E-state index in [4.69, 9.17) is 4.42 Å². The third kappa shape index (κ3) is 1.03. The molecule has 1 aliphatic heterocycles. The first kappa shape index (κ1) is 9.27. The molecule has 5 nitrogen and oxygen atoms in total. The fraction of sp³-hybridized carbons (Fsp3) is 0.0714. The zero-order chi connectivity index (χ0) is 12.4. The quantitative estimate of drug-likeness (QED) is 0.393. The number of hydrogen-bond donors (Lipinski definition) is 0.